The number of nitrogens with zero attached hydrogens (tertiary/aromatic N) is 1. The van der Waals surface area contributed by atoms with Crippen LogP contribution in [0.1, 0.15) is 30.8 Å². The lowest BCUT2D eigenvalue weighted by Gasteiger charge is -2.15. The van der Waals surface area contributed by atoms with Crippen LogP contribution in [0.5, 0.6) is 0 Å². The molecular formula is C20H22N4O. The van der Waals surface area contributed by atoms with Crippen molar-refractivity contribution in [3.05, 3.63) is 72.2 Å². The quantitative estimate of drug-likeness (QED) is 0.635. The molecule has 25 heavy (non-hydrogen) atoms. The molecule has 0 saturated carbocycles. The molecule has 0 fully saturated rings. The lowest BCUT2D eigenvalue weighted by atomic mass is 10.2. The number of carbonyl (C=O) groups excluding carboxylic acids is 1. The summed E-state index contributed by atoms with van der Waals surface area (Å²) in [5.74, 6) is 0.751. The van der Waals surface area contributed by atoms with Crippen LogP contribution >= 0.6 is 0 Å². The van der Waals surface area contributed by atoms with E-state index in [1.54, 1.807) is 6.20 Å². The zero-order valence-electron chi connectivity index (χ0n) is 14.4. The number of carbonyl (C=O) groups is 1. The monoisotopic (exact) mass is 334 g/mol. The van der Waals surface area contributed by atoms with E-state index in [-0.39, 0.29) is 12.1 Å². The Hall–Kier alpha value is -3.08. The van der Waals surface area contributed by atoms with Gasteiger partial charge in [0, 0.05) is 5.69 Å². The SMILES string of the molecule is CCC(NC(=O)Nc1cccc(C)c1)c1ncc(-c2ccccc2)[nH]1. The summed E-state index contributed by atoms with van der Waals surface area (Å²) in [6, 6.07) is 17.3. The highest BCUT2D eigenvalue weighted by Gasteiger charge is 2.16. The van der Waals surface area contributed by atoms with Gasteiger partial charge in [0.1, 0.15) is 5.82 Å². The molecule has 1 heterocycles. The number of hydrogen-bond acceptors (Lipinski definition) is 2. The van der Waals surface area contributed by atoms with Gasteiger partial charge in [-0.3, -0.25) is 0 Å². The van der Waals surface area contributed by atoms with Crippen LogP contribution in [-0.4, -0.2) is 16.0 Å². The van der Waals surface area contributed by atoms with Crippen LogP contribution in [0.15, 0.2) is 60.8 Å². The molecule has 2 aromatic carbocycles. The second kappa shape index (κ2) is 7.66. The van der Waals surface area contributed by atoms with Gasteiger partial charge in [0.15, 0.2) is 0 Å². The van der Waals surface area contributed by atoms with Crippen LogP contribution in [0.25, 0.3) is 11.3 Å². The first-order chi connectivity index (χ1) is 12.2. The third-order valence-corrected chi connectivity index (χ3v) is 4.00. The van der Waals surface area contributed by atoms with E-state index >= 15 is 0 Å². The number of nitrogens with one attached hydrogen (secondary N) is 3. The van der Waals surface area contributed by atoms with Crippen LogP contribution in [0, 0.1) is 6.92 Å². The molecule has 3 N–H and O–H groups in total. The predicted octanol–water partition coefficient (Wildman–Crippen LogP) is 4.66. The summed E-state index contributed by atoms with van der Waals surface area (Å²) in [5.41, 5.74) is 3.88. The van der Waals surface area contributed by atoms with E-state index in [1.807, 2.05) is 68.4 Å². The van der Waals surface area contributed by atoms with Crippen LogP contribution < -0.4 is 10.6 Å². The van der Waals surface area contributed by atoms with Crippen molar-refractivity contribution >= 4 is 11.7 Å². The van der Waals surface area contributed by atoms with Gasteiger partial charge in [0.2, 0.25) is 0 Å². The first-order valence-corrected chi connectivity index (χ1v) is 8.40. The summed E-state index contributed by atoms with van der Waals surface area (Å²) in [7, 11) is 0. The Morgan fingerprint density at radius 3 is 2.68 bits per heavy atom. The minimum absolute atomic E-state index is 0.178. The summed E-state index contributed by atoms with van der Waals surface area (Å²) < 4.78 is 0. The average molecular weight is 334 g/mol. The third-order valence-electron chi connectivity index (χ3n) is 4.00. The molecule has 3 aromatic rings. The van der Waals surface area contributed by atoms with Gasteiger partial charge in [-0.2, -0.15) is 0 Å². The average Bonchev–Trinajstić information content (AvgIpc) is 3.10. The molecule has 128 valence electrons. The Bertz CT molecular complexity index is 842. The Balaban J connectivity index is 1.68. The number of amides is 2. The number of urea groups is 1. The molecule has 3 rings (SSSR count). The van der Waals surface area contributed by atoms with Crippen molar-refractivity contribution in [2.45, 2.75) is 26.3 Å². The topological polar surface area (TPSA) is 69.8 Å². The zero-order chi connectivity index (χ0) is 17.6. The Kier molecular flexibility index (Phi) is 5.14. The van der Waals surface area contributed by atoms with Crippen LogP contribution in [0.4, 0.5) is 10.5 Å². The lowest BCUT2D eigenvalue weighted by molar-refractivity contribution is 0.247. The predicted molar refractivity (Wildman–Crippen MR) is 100 cm³/mol. The van der Waals surface area contributed by atoms with E-state index in [4.69, 9.17) is 0 Å². The van der Waals surface area contributed by atoms with Gasteiger partial charge in [-0.15, -0.1) is 0 Å². The molecule has 0 aliphatic rings. The number of aromatic nitrogens is 2. The molecule has 0 radical (unpaired) electrons. The minimum Gasteiger partial charge on any atom is -0.340 e. The second-order valence-electron chi connectivity index (χ2n) is 5.98. The fourth-order valence-corrected chi connectivity index (χ4v) is 2.69. The first-order valence-electron chi connectivity index (χ1n) is 8.40. The van der Waals surface area contributed by atoms with Gasteiger partial charge in [0.05, 0.1) is 17.9 Å². The van der Waals surface area contributed by atoms with Crippen molar-refractivity contribution in [3.63, 3.8) is 0 Å². The Morgan fingerprint density at radius 2 is 1.96 bits per heavy atom. The molecule has 0 aliphatic carbocycles. The molecule has 1 unspecified atom stereocenters. The maximum absolute atomic E-state index is 12.3. The van der Waals surface area contributed by atoms with Crippen molar-refractivity contribution in [2.24, 2.45) is 0 Å². The van der Waals surface area contributed by atoms with Gasteiger partial charge in [-0.05, 0) is 36.6 Å². The number of aromatic amines is 1. The van der Waals surface area contributed by atoms with Crippen molar-refractivity contribution in [1.29, 1.82) is 0 Å². The van der Waals surface area contributed by atoms with Crippen molar-refractivity contribution < 1.29 is 4.79 Å². The highest BCUT2D eigenvalue weighted by atomic mass is 16.2. The third kappa shape index (κ3) is 4.26. The molecular weight excluding hydrogens is 312 g/mol. The highest BCUT2D eigenvalue weighted by Crippen LogP contribution is 2.20. The summed E-state index contributed by atoms with van der Waals surface area (Å²) in [5, 5.41) is 5.84. The van der Waals surface area contributed by atoms with E-state index < -0.39 is 0 Å². The van der Waals surface area contributed by atoms with Crippen LogP contribution in [-0.2, 0) is 0 Å². The Morgan fingerprint density at radius 1 is 1.16 bits per heavy atom. The molecule has 0 saturated heterocycles. The molecule has 2 amide bonds. The van der Waals surface area contributed by atoms with Gasteiger partial charge in [-0.1, -0.05) is 49.4 Å². The number of benzene rings is 2. The van der Waals surface area contributed by atoms with Crippen LogP contribution in [0.2, 0.25) is 0 Å². The van der Waals surface area contributed by atoms with E-state index in [0.29, 0.717) is 0 Å². The maximum Gasteiger partial charge on any atom is 0.319 e. The molecule has 1 aromatic heterocycles. The number of hydrogen-bond donors (Lipinski definition) is 3. The van der Waals surface area contributed by atoms with Crippen LogP contribution in [0.3, 0.4) is 0 Å². The molecule has 1 atom stereocenters. The van der Waals surface area contributed by atoms with Crippen molar-refractivity contribution in [1.82, 2.24) is 15.3 Å². The van der Waals surface area contributed by atoms with Crippen molar-refractivity contribution in [2.75, 3.05) is 5.32 Å². The van der Waals surface area contributed by atoms with E-state index in [0.717, 1.165) is 34.8 Å². The molecule has 5 heteroatoms. The first kappa shape index (κ1) is 16.8. The Labute approximate surface area is 147 Å². The summed E-state index contributed by atoms with van der Waals surface area (Å²) >= 11 is 0. The molecule has 0 spiro atoms. The largest absolute Gasteiger partial charge is 0.340 e. The molecule has 0 bridgehead atoms. The van der Waals surface area contributed by atoms with Gasteiger partial charge in [-0.25, -0.2) is 9.78 Å². The summed E-state index contributed by atoms with van der Waals surface area (Å²) in [6.07, 6.45) is 2.54. The lowest BCUT2D eigenvalue weighted by Crippen LogP contribution is -2.32. The smallest absolute Gasteiger partial charge is 0.319 e. The number of imidazole rings is 1. The van der Waals surface area contributed by atoms with E-state index in [9.17, 15) is 4.79 Å². The standard InChI is InChI=1S/C20H22N4O/c1-3-17(24-20(25)22-16-11-7-8-14(2)12-16)19-21-13-18(23-19)15-9-5-4-6-10-15/h4-13,17H,3H2,1-2H3,(H,21,23)(H2,22,24,25). The maximum atomic E-state index is 12.3. The van der Waals surface area contributed by atoms with Gasteiger partial charge in [0.25, 0.3) is 0 Å². The fraction of sp³-hybridized carbons (Fsp3) is 0.200. The summed E-state index contributed by atoms with van der Waals surface area (Å²) in [4.78, 5) is 20.0. The number of anilines is 1. The second-order valence-corrected chi connectivity index (χ2v) is 5.98. The fourth-order valence-electron chi connectivity index (χ4n) is 2.69. The number of rotatable bonds is 5. The molecule has 5 nitrogen and oxygen atoms in total. The normalized spacial score (nSPS) is 11.8. The molecule has 0 aliphatic heterocycles. The number of aryl methyl sites for hydroxylation is 1. The van der Waals surface area contributed by atoms with Crippen molar-refractivity contribution in [3.8, 4) is 11.3 Å². The van der Waals surface area contributed by atoms with E-state index in [1.165, 1.54) is 0 Å². The van der Waals surface area contributed by atoms with E-state index in [2.05, 4.69) is 20.6 Å². The highest BCUT2D eigenvalue weighted by molar-refractivity contribution is 5.89. The number of H-pyrrole nitrogens is 1. The van der Waals surface area contributed by atoms with Gasteiger partial charge < -0.3 is 15.6 Å². The van der Waals surface area contributed by atoms with Gasteiger partial charge >= 0.3 is 6.03 Å². The summed E-state index contributed by atoms with van der Waals surface area (Å²) in [6.45, 7) is 4.01. The zero-order valence-corrected chi connectivity index (χ0v) is 14.4. The minimum atomic E-state index is -0.241.